The molecule has 1 aliphatic rings. The topological polar surface area (TPSA) is 34.1 Å². The van der Waals surface area contributed by atoms with E-state index in [0.29, 0.717) is 0 Å². The van der Waals surface area contributed by atoms with Gasteiger partial charge in [-0.2, -0.15) is 0 Å². The maximum atomic E-state index is 11.0. The van der Waals surface area contributed by atoms with Crippen LogP contribution in [0.3, 0.4) is 0 Å². The van der Waals surface area contributed by atoms with E-state index in [-0.39, 0.29) is 9.70 Å². The molecule has 0 bridgehead atoms. The Kier molecular flexibility index (Phi) is 2.92. The van der Waals surface area contributed by atoms with Gasteiger partial charge in [0.25, 0.3) is 0 Å². The van der Waals surface area contributed by atoms with E-state index in [1.807, 2.05) is 0 Å². The third-order valence-corrected chi connectivity index (χ3v) is 4.65. The Morgan fingerprint density at radius 2 is 2.40 bits per heavy atom. The highest BCUT2D eigenvalue weighted by Gasteiger charge is 2.24. The highest BCUT2D eigenvalue weighted by atomic mass is 32.2. The van der Waals surface area contributed by atoms with Crippen LogP contribution in [-0.2, 0) is 15.6 Å². The normalized spacial score (nSPS) is 32.5. The zero-order valence-electron chi connectivity index (χ0n) is 5.83. The summed E-state index contributed by atoms with van der Waals surface area (Å²) in [7, 11) is -0.739. The summed E-state index contributed by atoms with van der Waals surface area (Å²) in [6, 6.07) is 0. The largest absolute Gasteiger partial charge is 0.288 e. The summed E-state index contributed by atoms with van der Waals surface area (Å²) in [6.45, 7) is 1.53. The molecule has 2 nitrogen and oxygen atoms in total. The molecule has 0 aromatic heterocycles. The van der Waals surface area contributed by atoms with Crippen LogP contribution in [0.15, 0.2) is 0 Å². The van der Waals surface area contributed by atoms with Crippen LogP contribution in [0.1, 0.15) is 19.8 Å². The lowest BCUT2D eigenvalue weighted by Crippen LogP contribution is -2.05. The second kappa shape index (κ2) is 3.53. The molecule has 1 aliphatic heterocycles. The molecule has 0 aromatic rings. The van der Waals surface area contributed by atoms with E-state index < -0.39 is 10.8 Å². The van der Waals surface area contributed by atoms with E-state index in [9.17, 15) is 9.00 Å². The number of hydrogen-bond acceptors (Lipinski definition) is 3. The lowest BCUT2D eigenvalue weighted by atomic mass is 10.4. The molecule has 1 saturated heterocycles. The molecule has 0 aliphatic carbocycles. The summed E-state index contributed by atoms with van der Waals surface area (Å²) < 4.78 is 11.1. The van der Waals surface area contributed by atoms with Gasteiger partial charge in [-0.05, 0) is 12.8 Å². The second-order valence-electron chi connectivity index (χ2n) is 2.27. The van der Waals surface area contributed by atoms with Crippen LogP contribution in [0.4, 0.5) is 0 Å². The van der Waals surface area contributed by atoms with E-state index in [0.717, 1.165) is 18.6 Å². The molecule has 2 atom stereocenters. The van der Waals surface area contributed by atoms with E-state index >= 15 is 0 Å². The van der Waals surface area contributed by atoms with Crippen LogP contribution in [0.5, 0.6) is 0 Å². The van der Waals surface area contributed by atoms with Crippen molar-refractivity contribution in [3.8, 4) is 0 Å². The summed E-state index contributed by atoms with van der Waals surface area (Å²) in [5, 5.41) is 0.0836. The Morgan fingerprint density at radius 1 is 1.70 bits per heavy atom. The average Bonchev–Trinajstić information content (AvgIpc) is 2.15. The molecule has 0 radical (unpaired) electrons. The fourth-order valence-electron chi connectivity index (χ4n) is 0.953. The molecule has 0 amide bonds. The number of rotatable bonds is 1. The molecule has 10 heavy (non-hydrogen) atoms. The first-order valence-corrected chi connectivity index (χ1v) is 5.50. The molecule has 0 N–H and O–H groups in total. The maximum absolute atomic E-state index is 11.0. The lowest BCUT2D eigenvalue weighted by molar-refractivity contribution is -0.109. The van der Waals surface area contributed by atoms with Crippen LogP contribution in [0.25, 0.3) is 0 Å². The fourth-order valence-corrected chi connectivity index (χ4v) is 3.88. The van der Waals surface area contributed by atoms with Gasteiger partial charge in [-0.15, -0.1) is 0 Å². The van der Waals surface area contributed by atoms with E-state index in [1.54, 1.807) is 0 Å². The molecule has 0 saturated carbocycles. The molecule has 4 heteroatoms. The summed E-state index contributed by atoms with van der Waals surface area (Å²) >= 11 is 1.23. The van der Waals surface area contributed by atoms with Crippen molar-refractivity contribution in [2.45, 2.75) is 24.3 Å². The fraction of sp³-hybridized carbons (Fsp3) is 0.833. The Labute approximate surface area is 67.2 Å². The quantitative estimate of drug-likeness (QED) is 0.603. The number of carbonyl (C=O) groups excluding carboxylic acids is 1. The summed E-state index contributed by atoms with van der Waals surface area (Å²) in [5.74, 6) is 0.783. The van der Waals surface area contributed by atoms with Crippen molar-refractivity contribution in [2.75, 3.05) is 5.75 Å². The van der Waals surface area contributed by atoms with Crippen LogP contribution >= 0.6 is 11.8 Å². The summed E-state index contributed by atoms with van der Waals surface area (Å²) in [5.41, 5.74) is 0. The average molecular weight is 178 g/mol. The van der Waals surface area contributed by atoms with Crippen molar-refractivity contribution in [2.24, 2.45) is 0 Å². The highest BCUT2D eigenvalue weighted by Crippen LogP contribution is 2.26. The monoisotopic (exact) mass is 178 g/mol. The lowest BCUT2D eigenvalue weighted by Gasteiger charge is -2.02. The van der Waals surface area contributed by atoms with E-state index in [4.69, 9.17) is 0 Å². The van der Waals surface area contributed by atoms with E-state index in [2.05, 4.69) is 0 Å². The van der Waals surface area contributed by atoms with Crippen LogP contribution in [0.2, 0.25) is 0 Å². The minimum atomic E-state index is -0.739. The molecular weight excluding hydrogens is 168 g/mol. The van der Waals surface area contributed by atoms with Gasteiger partial charge in [0.2, 0.25) is 0 Å². The van der Waals surface area contributed by atoms with Gasteiger partial charge in [-0.25, -0.2) is 0 Å². The second-order valence-corrected chi connectivity index (χ2v) is 5.68. The molecule has 1 fully saturated rings. The van der Waals surface area contributed by atoms with Crippen molar-refractivity contribution in [1.82, 2.24) is 0 Å². The Morgan fingerprint density at radius 3 is 2.80 bits per heavy atom. The third kappa shape index (κ3) is 2.09. The first kappa shape index (κ1) is 8.27. The number of hydrogen-bond donors (Lipinski definition) is 0. The molecule has 0 aromatic carbocycles. The molecule has 2 unspecified atom stereocenters. The van der Waals surface area contributed by atoms with Crippen molar-refractivity contribution < 1.29 is 9.00 Å². The third-order valence-electron chi connectivity index (χ3n) is 1.38. The van der Waals surface area contributed by atoms with Gasteiger partial charge in [0, 0.05) is 23.5 Å². The first-order chi connectivity index (χ1) is 4.70. The van der Waals surface area contributed by atoms with Gasteiger partial charge in [-0.3, -0.25) is 9.00 Å². The number of thioether (sulfide) groups is 1. The highest BCUT2D eigenvalue weighted by molar-refractivity contribution is 8.21. The van der Waals surface area contributed by atoms with Crippen LogP contribution < -0.4 is 0 Å². The van der Waals surface area contributed by atoms with E-state index in [1.165, 1.54) is 18.7 Å². The Hall–Kier alpha value is 0.170. The van der Waals surface area contributed by atoms with Crippen LogP contribution in [-0.4, -0.2) is 19.7 Å². The Balaban J connectivity index is 2.40. The Bertz CT molecular complexity index is 167. The maximum Gasteiger partial charge on any atom is 0.187 e. The van der Waals surface area contributed by atoms with Gasteiger partial charge in [0.05, 0.1) is 4.58 Å². The predicted octanol–water partition coefficient (Wildman–Crippen LogP) is 1.13. The molecule has 1 heterocycles. The van der Waals surface area contributed by atoms with Gasteiger partial charge >= 0.3 is 0 Å². The van der Waals surface area contributed by atoms with Crippen LogP contribution in [0, 0.1) is 0 Å². The first-order valence-electron chi connectivity index (χ1n) is 3.24. The van der Waals surface area contributed by atoms with Gasteiger partial charge in [0.15, 0.2) is 5.12 Å². The van der Waals surface area contributed by atoms with Gasteiger partial charge in [-0.1, -0.05) is 11.8 Å². The van der Waals surface area contributed by atoms with Gasteiger partial charge in [0.1, 0.15) is 0 Å². The molecule has 1 rings (SSSR count). The van der Waals surface area contributed by atoms with Crippen molar-refractivity contribution in [3.63, 3.8) is 0 Å². The minimum Gasteiger partial charge on any atom is -0.288 e. The minimum absolute atomic E-state index is 0.0836. The zero-order chi connectivity index (χ0) is 7.56. The molecule has 0 spiro atoms. The predicted molar refractivity (Wildman–Crippen MR) is 44.3 cm³/mol. The standard InChI is InChI=1S/C6H10O2S2/c1-5(7)9-6-3-2-4-10(6)8/h6H,2-4H2,1H3. The molecular formula is C6H10O2S2. The zero-order valence-corrected chi connectivity index (χ0v) is 7.46. The van der Waals surface area contributed by atoms with Gasteiger partial charge < -0.3 is 0 Å². The van der Waals surface area contributed by atoms with Crippen molar-refractivity contribution in [1.29, 1.82) is 0 Å². The van der Waals surface area contributed by atoms with Crippen molar-refractivity contribution in [3.05, 3.63) is 0 Å². The summed E-state index contributed by atoms with van der Waals surface area (Å²) in [6.07, 6.45) is 1.95. The summed E-state index contributed by atoms with van der Waals surface area (Å²) in [4.78, 5) is 10.6. The molecule has 58 valence electrons. The number of carbonyl (C=O) groups is 1. The van der Waals surface area contributed by atoms with Crippen molar-refractivity contribution >= 4 is 27.7 Å². The SMILES string of the molecule is CC(=O)SC1CCCS1=O. The smallest absolute Gasteiger partial charge is 0.187 e.